The monoisotopic (exact) mass is 376 g/mol. The second-order valence-corrected chi connectivity index (χ2v) is 8.13. The largest absolute Gasteiger partial charge is 0.336 e. The van der Waals surface area contributed by atoms with E-state index in [1.54, 1.807) is 6.20 Å². The van der Waals surface area contributed by atoms with Crippen LogP contribution in [-0.4, -0.2) is 38.2 Å². The zero-order chi connectivity index (χ0) is 19.8. The number of amides is 1. The van der Waals surface area contributed by atoms with E-state index >= 15 is 0 Å². The molecule has 3 heterocycles. The molecule has 2 aromatic heterocycles. The van der Waals surface area contributed by atoms with Crippen molar-refractivity contribution < 1.29 is 4.79 Å². The molecule has 28 heavy (non-hydrogen) atoms. The Morgan fingerprint density at radius 2 is 2.00 bits per heavy atom. The van der Waals surface area contributed by atoms with Crippen molar-refractivity contribution in [2.45, 2.75) is 59.0 Å². The summed E-state index contributed by atoms with van der Waals surface area (Å²) in [5.41, 5.74) is 4.53. The maximum atomic E-state index is 13.5. The summed E-state index contributed by atoms with van der Waals surface area (Å²) >= 11 is 0. The van der Waals surface area contributed by atoms with Gasteiger partial charge >= 0.3 is 0 Å². The summed E-state index contributed by atoms with van der Waals surface area (Å²) < 4.78 is 1.91. The maximum Gasteiger partial charge on any atom is 0.254 e. The molecule has 0 bridgehead atoms. The SMILES string of the molecule is Cc1ccccc1-c1cc(C(=O)N2CCCCC2C)c2cnn(C(C)C)c2n1. The molecule has 5 heteroatoms. The van der Waals surface area contributed by atoms with Gasteiger partial charge in [-0.1, -0.05) is 24.3 Å². The predicted molar refractivity (Wildman–Crippen MR) is 112 cm³/mol. The van der Waals surface area contributed by atoms with E-state index in [2.05, 4.69) is 44.9 Å². The molecule has 1 aliphatic rings. The molecular weight excluding hydrogens is 348 g/mol. The maximum absolute atomic E-state index is 13.5. The van der Waals surface area contributed by atoms with E-state index in [0.29, 0.717) is 5.56 Å². The van der Waals surface area contributed by atoms with Crippen LogP contribution in [-0.2, 0) is 0 Å². The molecule has 5 nitrogen and oxygen atoms in total. The number of piperidine rings is 1. The minimum absolute atomic E-state index is 0.0951. The van der Waals surface area contributed by atoms with E-state index in [1.165, 1.54) is 6.42 Å². The number of fused-ring (bicyclic) bond motifs is 1. The Morgan fingerprint density at radius 1 is 1.21 bits per heavy atom. The van der Waals surface area contributed by atoms with Crippen molar-refractivity contribution in [2.24, 2.45) is 0 Å². The van der Waals surface area contributed by atoms with Gasteiger partial charge in [0.05, 0.1) is 22.8 Å². The minimum Gasteiger partial charge on any atom is -0.336 e. The third-order valence-electron chi connectivity index (χ3n) is 5.77. The summed E-state index contributed by atoms with van der Waals surface area (Å²) in [6.07, 6.45) is 5.12. The Kier molecular flexibility index (Phi) is 4.92. The van der Waals surface area contributed by atoms with Gasteiger partial charge in [-0.05, 0) is 58.6 Å². The summed E-state index contributed by atoms with van der Waals surface area (Å²) in [4.78, 5) is 20.5. The molecule has 1 saturated heterocycles. The third kappa shape index (κ3) is 3.19. The molecule has 1 atom stereocenters. The summed E-state index contributed by atoms with van der Waals surface area (Å²) in [5, 5.41) is 5.38. The molecule has 146 valence electrons. The first-order chi connectivity index (χ1) is 13.5. The van der Waals surface area contributed by atoms with Crippen LogP contribution in [0.2, 0.25) is 0 Å². The van der Waals surface area contributed by atoms with Crippen molar-refractivity contribution >= 4 is 16.9 Å². The topological polar surface area (TPSA) is 51.0 Å². The van der Waals surface area contributed by atoms with Gasteiger partial charge in [-0.3, -0.25) is 4.79 Å². The van der Waals surface area contributed by atoms with Crippen molar-refractivity contribution in [1.82, 2.24) is 19.7 Å². The first-order valence-corrected chi connectivity index (χ1v) is 10.2. The standard InChI is InChI=1S/C23H28N4O/c1-15(2)27-22-20(14-24-27)19(23(28)26-12-8-7-10-17(26)4)13-21(25-22)18-11-6-5-9-16(18)3/h5-6,9,11,13-15,17H,7-8,10,12H2,1-4H3. The Hall–Kier alpha value is -2.69. The molecule has 3 aromatic rings. The molecule has 1 unspecified atom stereocenters. The first-order valence-electron chi connectivity index (χ1n) is 10.2. The van der Waals surface area contributed by atoms with E-state index < -0.39 is 0 Å². The van der Waals surface area contributed by atoms with E-state index in [-0.39, 0.29) is 18.0 Å². The van der Waals surface area contributed by atoms with E-state index in [1.807, 2.05) is 27.8 Å². The second-order valence-electron chi connectivity index (χ2n) is 8.13. The Labute approximate surface area is 166 Å². The first kappa shape index (κ1) is 18.7. The van der Waals surface area contributed by atoms with Crippen LogP contribution in [0.5, 0.6) is 0 Å². The molecule has 0 radical (unpaired) electrons. The number of rotatable bonds is 3. The van der Waals surface area contributed by atoms with Crippen LogP contribution >= 0.6 is 0 Å². The number of hydrogen-bond donors (Lipinski definition) is 0. The number of aryl methyl sites for hydroxylation is 1. The second kappa shape index (κ2) is 7.38. The summed E-state index contributed by atoms with van der Waals surface area (Å²) in [7, 11) is 0. The Bertz CT molecular complexity index is 1020. The highest BCUT2D eigenvalue weighted by Crippen LogP contribution is 2.30. The van der Waals surface area contributed by atoms with Crippen LogP contribution in [0.4, 0.5) is 0 Å². The van der Waals surface area contributed by atoms with Gasteiger partial charge in [0.25, 0.3) is 5.91 Å². The summed E-state index contributed by atoms with van der Waals surface area (Å²) in [5.74, 6) is 0.0951. The predicted octanol–water partition coefficient (Wildman–Crippen LogP) is 5.00. The zero-order valence-corrected chi connectivity index (χ0v) is 17.1. The average molecular weight is 377 g/mol. The van der Waals surface area contributed by atoms with Gasteiger partial charge < -0.3 is 4.90 Å². The zero-order valence-electron chi connectivity index (χ0n) is 17.1. The quantitative estimate of drug-likeness (QED) is 0.646. The molecule has 1 aliphatic heterocycles. The van der Waals surface area contributed by atoms with E-state index in [0.717, 1.165) is 47.2 Å². The van der Waals surface area contributed by atoms with Gasteiger partial charge in [0.1, 0.15) is 0 Å². The fourth-order valence-corrected chi connectivity index (χ4v) is 4.13. The fourth-order valence-electron chi connectivity index (χ4n) is 4.13. The smallest absolute Gasteiger partial charge is 0.254 e. The lowest BCUT2D eigenvalue weighted by atomic mass is 9.99. The van der Waals surface area contributed by atoms with Crippen molar-refractivity contribution in [2.75, 3.05) is 6.54 Å². The van der Waals surface area contributed by atoms with Gasteiger partial charge in [-0.15, -0.1) is 0 Å². The van der Waals surface area contributed by atoms with Crippen LogP contribution in [0.1, 0.15) is 62.0 Å². The number of hydrogen-bond acceptors (Lipinski definition) is 3. The van der Waals surface area contributed by atoms with Crippen LogP contribution in [0.15, 0.2) is 36.5 Å². The normalized spacial score (nSPS) is 17.5. The van der Waals surface area contributed by atoms with Gasteiger partial charge in [0.2, 0.25) is 0 Å². The number of benzene rings is 1. The van der Waals surface area contributed by atoms with Gasteiger partial charge in [0.15, 0.2) is 5.65 Å². The summed E-state index contributed by atoms with van der Waals surface area (Å²) in [6, 6.07) is 10.6. The van der Waals surface area contributed by atoms with Gasteiger partial charge in [0, 0.05) is 24.2 Å². The lowest BCUT2D eigenvalue weighted by Crippen LogP contribution is -2.42. The molecule has 1 aromatic carbocycles. The molecule has 4 rings (SSSR count). The van der Waals surface area contributed by atoms with Crippen molar-refractivity contribution in [3.63, 3.8) is 0 Å². The summed E-state index contributed by atoms with van der Waals surface area (Å²) in [6.45, 7) is 9.22. The minimum atomic E-state index is 0.0951. The van der Waals surface area contributed by atoms with Crippen LogP contribution in [0, 0.1) is 6.92 Å². The molecule has 0 saturated carbocycles. The van der Waals surface area contributed by atoms with Gasteiger partial charge in [-0.2, -0.15) is 5.10 Å². The number of likely N-dealkylation sites (tertiary alicyclic amines) is 1. The van der Waals surface area contributed by atoms with Crippen molar-refractivity contribution in [1.29, 1.82) is 0 Å². The molecule has 1 amide bonds. The van der Waals surface area contributed by atoms with Crippen molar-refractivity contribution in [3.05, 3.63) is 47.7 Å². The molecule has 1 fully saturated rings. The molecule has 0 aliphatic carbocycles. The van der Waals surface area contributed by atoms with E-state index in [9.17, 15) is 4.79 Å². The van der Waals surface area contributed by atoms with Gasteiger partial charge in [-0.25, -0.2) is 9.67 Å². The lowest BCUT2D eigenvalue weighted by Gasteiger charge is -2.33. The molecule has 0 N–H and O–H groups in total. The molecular formula is C23H28N4O. The number of pyridine rings is 1. The number of carbonyl (C=O) groups is 1. The Morgan fingerprint density at radius 3 is 2.71 bits per heavy atom. The Balaban J connectivity index is 1.91. The number of aromatic nitrogens is 3. The van der Waals surface area contributed by atoms with Crippen LogP contribution in [0.25, 0.3) is 22.3 Å². The fraction of sp³-hybridized carbons (Fsp3) is 0.435. The third-order valence-corrected chi connectivity index (χ3v) is 5.77. The van der Waals surface area contributed by atoms with Crippen LogP contribution < -0.4 is 0 Å². The highest BCUT2D eigenvalue weighted by atomic mass is 16.2. The average Bonchev–Trinajstić information content (AvgIpc) is 3.12. The van der Waals surface area contributed by atoms with Crippen molar-refractivity contribution in [3.8, 4) is 11.3 Å². The number of nitrogens with zero attached hydrogens (tertiary/aromatic N) is 4. The molecule has 0 spiro atoms. The highest BCUT2D eigenvalue weighted by molar-refractivity contribution is 6.06. The lowest BCUT2D eigenvalue weighted by molar-refractivity contribution is 0.0637. The number of carbonyl (C=O) groups excluding carboxylic acids is 1. The van der Waals surface area contributed by atoms with Crippen LogP contribution in [0.3, 0.4) is 0 Å². The van der Waals surface area contributed by atoms with E-state index in [4.69, 9.17) is 4.98 Å². The highest BCUT2D eigenvalue weighted by Gasteiger charge is 2.27.